The fraction of sp³-hybridized carbons (Fsp3) is 0.400. The maximum atomic E-state index is 4.38. The van der Waals surface area contributed by atoms with E-state index in [1.165, 1.54) is 10.9 Å². The lowest BCUT2D eigenvalue weighted by Crippen LogP contribution is -2.37. The zero-order valence-electron chi connectivity index (χ0n) is 10.8. The van der Waals surface area contributed by atoms with E-state index in [0.717, 1.165) is 18.5 Å². The molecule has 0 bridgehead atoms. The standard InChI is InChI=1S/C15H20N2/c1-4-15(2,3)17-11-12-9-10-16-14-8-6-5-7-13(12)14/h5-10,17H,4,11H2,1-3H3. The fourth-order valence-electron chi connectivity index (χ4n) is 1.77. The van der Waals surface area contributed by atoms with Gasteiger partial charge in [0, 0.05) is 23.7 Å². The molecular weight excluding hydrogens is 208 g/mol. The molecule has 2 nitrogen and oxygen atoms in total. The summed E-state index contributed by atoms with van der Waals surface area (Å²) in [6.45, 7) is 7.56. The van der Waals surface area contributed by atoms with E-state index in [9.17, 15) is 0 Å². The summed E-state index contributed by atoms with van der Waals surface area (Å²) >= 11 is 0. The van der Waals surface area contributed by atoms with Crippen LogP contribution in [0.4, 0.5) is 0 Å². The highest BCUT2D eigenvalue weighted by atomic mass is 14.9. The van der Waals surface area contributed by atoms with Crippen molar-refractivity contribution in [2.45, 2.75) is 39.3 Å². The van der Waals surface area contributed by atoms with Crippen LogP contribution in [0.1, 0.15) is 32.8 Å². The van der Waals surface area contributed by atoms with Crippen LogP contribution in [0.15, 0.2) is 36.5 Å². The van der Waals surface area contributed by atoms with Crippen molar-refractivity contribution >= 4 is 10.9 Å². The Balaban J connectivity index is 2.24. The average molecular weight is 228 g/mol. The van der Waals surface area contributed by atoms with Crippen LogP contribution in [0.5, 0.6) is 0 Å². The highest BCUT2D eigenvalue weighted by Crippen LogP contribution is 2.17. The van der Waals surface area contributed by atoms with E-state index in [2.05, 4.69) is 55.3 Å². The maximum absolute atomic E-state index is 4.38. The number of hydrogen-bond acceptors (Lipinski definition) is 2. The van der Waals surface area contributed by atoms with Crippen molar-refractivity contribution in [2.75, 3.05) is 0 Å². The summed E-state index contributed by atoms with van der Waals surface area (Å²) in [5, 5.41) is 4.83. The zero-order chi connectivity index (χ0) is 12.3. The Hall–Kier alpha value is -1.41. The molecule has 2 rings (SSSR count). The molecule has 1 aromatic heterocycles. The summed E-state index contributed by atoms with van der Waals surface area (Å²) in [6.07, 6.45) is 3.01. The molecule has 0 aliphatic rings. The lowest BCUT2D eigenvalue weighted by molar-refractivity contribution is 0.375. The van der Waals surface area contributed by atoms with E-state index in [0.29, 0.717) is 0 Å². The predicted molar refractivity (Wildman–Crippen MR) is 73.0 cm³/mol. The number of nitrogens with one attached hydrogen (secondary N) is 1. The lowest BCUT2D eigenvalue weighted by atomic mass is 10.0. The first kappa shape index (κ1) is 12.1. The molecule has 2 aromatic rings. The molecule has 0 saturated carbocycles. The quantitative estimate of drug-likeness (QED) is 0.866. The van der Waals surface area contributed by atoms with Crippen LogP contribution in [-0.4, -0.2) is 10.5 Å². The van der Waals surface area contributed by atoms with Crippen LogP contribution in [0.3, 0.4) is 0 Å². The first-order chi connectivity index (χ1) is 8.12. The van der Waals surface area contributed by atoms with Crippen molar-refractivity contribution in [3.63, 3.8) is 0 Å². The van der Waals surface area contributed by atoms with E-state index in [1.54, 1.807) is 0 Å². The second-order valence-electron chi connectivity index (χ2n) is 5.08. The molecular formula is C15H20N2. The van der Waals surface area contributed by atoms with Crippen LogP contribution in [0.2, 0.25) is 0 Å². The van der Waals surface area contributed by atoms with E-state index in [1.807, 2.05) is 12.3 Å². The molecule has 1 heterocycles. The minimum absolute atomic E-state index is 0.185. The average Bonchev–Trinajstić information content (AvgIpc) is 2.36. The van der Waals surface area contributed by atoms with Crippen molar-refractivity contribution in [1.29, 1.82) is 0 Å². The molecule has 1 N–H and O–H groups in total. The third-order valence-electron chi connectivity index (χ3n) is 3.38. The number of hydrogen-bond donors (Lipinski definition) is 1. The molecule has 17 heavy (non-hydrogen) atoms. The van der Waals surface area contributed by atoms with E-state index in [4.69, 9.17) is 0 Å². The summed E-state index contributed by atoms with van der Waals surface area (Å²) in [6, 6.07) is 10.4. The van der Waals surface area contributed by atoms with Gasteiger partial charge >= 0.3 is 0 Å². The smallest absolute Gasteiger partial charge is 0.0705 e. The molecule has 1 aromatic carbocycles. The minimum Gasteiger partial charge on any atom is -0.308 e. The molecule has 2 heteroatoms. The van der Waals surface area contributed by atoms with Gasteiger partial charge in [0.1, 0.15) is 0 Å². The van der Waals surface area contributed by atoms with Gasteiger partial charge in [-0.15, -0.1) is 0 Å². The van der Waals surface area contributed by atoms with E-state index < -0.39 is 0 Å². The highest BCUT2D eigenvalue weighted by Gasteiger charge is 2.13. The van der Waals surface area contributed by atoms with Gasteiger partial charge in [0.15, 0.2) is 0 Å². The molecule has 0 fully saturated rings. The molecule has 0 spiro atoms. The normalized spacial score (nSPS) is 11.9. The van der Waals surface area contributed by atoms with Crippen molar-refractivity contribution in [3.05, 3.63) is 42.1 Å². The van der Waals surface area contributed by atoms with Crippen molar-refractivity contribution in [3.8, 4) is 0 Å². The predicted octanol–water partition coefficient (Wildman–Crippen LogP) is 3.51. The number of fused-ring (bicyclic) bond motifs is 1. The minimum atomic E-state index is 0.185. The Morgan fingerprint density at radius 2 is 1.94 bits per heavy atom. The van der Waals surface area contributed by atoms with Gasteiger partial charge < -0.3 is 5.32 Å². The van der Waals surface area contributed by atoms with Crippen LogP contribution in [0.25, 0.3) is 10.9 Å². The largest absolute Gasteiger partial charge is 0.308 e. The van der Waals surface area contributed by atoms with Crippen molar-refractivity contribution < 1.29 is 0 Å². The van der Waals surface area contributed by atoms with Gasteiger partial charge in [-0.1, -0.05) is 25.1 Å². The van der Waals surface area contributed by atoms with Gasteiger partial charge in [-0.05, 0) is 38.0 Å². The third-order valence-corrected chi connectivity index (χ3v) is 3.38. The molecule has 0 saturated heterocycles. The van der Waals surface area contributed by atoms with E-state index in [-0.39, 0.29) is 5.54 Å². The maximum Gasteiger partial charge on any atom is 0.0705 e. The third kappa shape index (κ3) is 2.83. The first-order valence-electron chi connectivity index (χ1n) is 6.20. The molecule has 0 amide bonds. The molecule has 0 unspecified atom stereocenters. The SMILES string of the molecule is CCC(C)(C)NCc1ccnc2ccccc12. The number of aromatic nitrogens is 1. The highest BCUT2D eigenvalue weighted by molar-refractivity contribution is 5.81. The second-order valence-corrected chi connectivity index (χ2v) is 5.08. The van der Waals surface area contributed by atoms with Gasteiger partial charge in [0.25, 0.3) is 0 Å². The molecule has 0 atom stereocenters. The van der Waals surface area contributed by atoms with Crippen LogP contribution in [0, 0.1) is 0 Å². The fourth-order valence-corrected chi connectivity index (χ4v) is 1.77. The lowest BCUT2D eigenvalue weighted by Gasteiger charge is -2.24. The van der Waals surface area contributed by atoms with Crippen LogP contribution < -0.4 is 5.32 Å². The second kappa shape index (κ2) is 4.84. The van der Waals surface area contributed by atoms with Gasteiger partial charge in [-0.25, -0.2) is 0 Å². The van der Waals surface area contributed by atoms with Gasteiger partial charge in [0.2, 0.25) is 0 Å². The summed E-state index contributed by atoms with van der Waals surface area (Å²) < 4.78 is 0. The number of nitrogens with zero attached hydrogens (tertiary/aromatic N) is 1. The molecule has 0 aliphatic heterocycles. The topological polar surface area (TPSA) is 24.9 Å². The Morgan fingerprint density at radius 3 is 2.71 bits per heavy atom. The Labute approximate surface area is 103 Å². The summed E-state index contributed by atoms with van der Waals surface area (Å²) in [5.74, 6) is 0. The first-order valence-corrected chi connectivity index (χ1v) is 6.20. The van der Waals surface area contributed by atoms with Crippen LogP contribution >= 0.6 is 0 Å². The number of benzene rings is 1. The summed E-state index contributed by atoms with van der Waals surface area (Å²) in [5.41, 5.74) is 2.57. The van der Waals surface area contributed by atoms with Crippen LogP contribution in [-0.2, 0) is 6.54 Å². The number of para-hydroxylation sites is 1. The Morgan fingerprint density at radius 1 is 1.18 bits per heavy atom. The van der Waals surface area contributed by atoms with Crippen molar-refractivity contribution in [2.24, 2.45) is 0 Å². The monoisotopic (exact) mass is 228 g/mol. The molecule has 0 aliphatic carbocycles. The van der Waals surface area contributed by atoms with E-state index >= 15 is 0 Å². The number of rotatable bonds is 4. The molecule has 90 valence electrons. The van der Waals surface area contributed by atoms with Gasteiger partial charge in [-0.2, -0.15) is 0 Å². The zero-order valence-corrected chi connectivity index (χ0v) is 10.8. The summed E-state index contributed by atoms with van der Waals surface area (Å²) in [4.78, 5) is 4.38. The molecule has 0 radical (unpaired) electrons. The van der Waals surface area contributed by atoms with Gasteiger partial charge in [0.05, 0.1) is 5.52 Å². The summed E-state index contributed by atoms with van der Waals surface area (Å²) in [7, 11) is 0. The Kier molecular flexibility index (Phi) is 3.43. The van der Waals surface area contributed by atoms with Crippen molar-refractivity contribution in [1.82, 2.24) is 10.3 Å². The Bertz CT molecular complexity index is 498. The van der Waals surface area contributed by atoms with Gasteiger partial charge in [-0.3, -0.25) is 4.98 Å². The number of pyridine rings is 1.